The van der Waals surface area contributed by atoms with E-state index in [-0.39, 0.29) is 10.8 Å². The second-order valence-electron chi connectivity index (χ2n) is 22.5. The van der Waals surface area contributed by atoms with Crippen molar-refractivity contribution in [2.24, 2.45) is 0 Å². The van der Waals surface area contributed by atoms with E-state index >= 15 is 0 Å². The molecule has 1 nitrogen and oxygen atoms in total. The summed E-state index contributed by atoms with van der Waals surface area (Å²) in [7, 11) is 0. The Kier molecular flexibility index (Phi) is 9.57. The van der Waals surface area contributed by atoms with Gasteiger partial charge in [0.25, 0.3) is 0 Å². The number of rotatable bonds is 5. The molecule has 0 fully saturated rings. The van der Waals surface area contributed by atoms with Gasteiger partial charge in [0.05, 0.1) is 11.1 Å². The van der Waals surface area contributed by atoms with Gasteiger partial charge in [0.15, 0.2) is 0 Å². The van der Waals surface area contributed by atoms with Crippen LogP contribution in [0, 0.1) is 0 Å². The number of hydrogen-bond acceptors (Lipinski definition) is 2. The van der Waals surface area contributed by atoms with Gasteiger partial charge in [-0.05, 0) is 159 Å². The average Bonchev–Trinajstić information content (AvgIpc) is 4.05. The molecule has 2 aliphatic rings. The zero-order valence-electron chi connectivity index (χ0n) is 42.2. The van der Waals surface area contributed by atoms with E-state index in [4.69, 9.17) is 0 Å². The minimum Gasteiger partial charge on any atom is -0.310 e. The largest absolute Gasteiger partial charge is 0.310 e. The van der Waals surface area contributed by atoms with Gasteiger partial charge in [0.1, 0.15) is 0 Å². The van der Waals surface area contributed by atoms with E-state index in [0.717, 1.165) is 11.4 Å². The van der Waals surface area contributed by atoms with Gasteiger partial charge in [-0.25, -0.2) is 0 Å². The van der Waals surface area contributed by atoms with E-state index in [2.05, 4.69) is 271 Å². The van der Waals surface area contributed by atoms with Crippen LogP contribution in [-0.2, 0) is 16.2 Å². The molecule has 0 atom stereocenters. The second kappa shape index (κ2) is 16.0. The molecular weight excluding hydrogens is 899 g/mol. The first-order chi connectivity index (χ1) is 35.4. The fourth-order valence-electron chi connectivity index (χ4n) is 12.4. The molecule has 2 aliphatic carbocycles. The van der Waals surface area contributed by atoms with Crippen molar-refractivity contribution < 1.29 is 0 Å². The molecule has 1 aromatic heterocycles. The highest BCUT2D eigenvalue weighted by atomic mass is 32.1. The summed E-state index contributed by atoms with van der Waals surface area (Å²) in [4.78, 5) is 2.53. The van der Waals surface area contributed by atoms with Crippen molar-refractivity contribution in [2.45, 2.75) is 57.8 Å². The number of fused-ring (bicyclic) bond motifs is 15. The van der Waals surface area contributed by atoms with Gasteiger partial charge in [0.2, 0.25) is 0 Å². The van der Waals surface area contributed by atoms with Crippen LogP contribution in [0.2, 0.25) is 0 Å². The van der Waals surface area contributed by atoms with Crippen LogP contribution < -0.4 is 4.90 Å². The lowest BCUT2D eigenvalue weighted by atomic mass is 9.69. The minimum absolute atomic E-state index is 0.0205. The Hall–Kier alpha value is -8.04. The molecule has 0 bridgehead atoms. The zero-order chi connectivity index (χ0) is 49.4. The highest BCUT2D eigenvalue weighted by molar-refractivity contribution is 7.25. The van der Waals surface area contributed by atoms with Crippen LogP contribution in [-0.4, -0.2) is 0 Å². The number of benzene rings is 11. The van der Waals surface area contributed by atoms with Crippen molar-refractivity contribution in [3.63, 3.8) is 0 Å². The molecule has 0 amide bonds. The number of thiophene rings is 1. The third-order valence-corrected chi connectivity index (χ3v) is 17.3. The normalized spacial score (nSPS) is 13.5. The molecule has 0 aliphatic heterocycles. The van der Waals surface area contributed by atoms with Crippen LogP contribution in [0.4, 0.5) is 17.1 Å². The first-order valence-electron chi connectivity index (χ1n) is 25.8. The molecule has 0 radical (unpaired) electrons. The molecule has 0 saturated heterocycles. The summed E-state index contributed by atoms with van der Waals surface area (Å²) in [5, 5.41) is 7.60. The molecular formula is C71H55NS. The van der Waals surface area contributed by atoms with Crippen molar-refractivity contribution in [3.8, 4) is 44.5 Å². The monoisotopic (exact) mass is 953 g/mol. The topological polar surface area (TPSA) is 3.24 Å². The Labute approximate surface area is 432 Å². The van der Waals surface area contributed by atoms with E-state index in [1.165, 1.54) is 125 Å². The molecule has 350 valence electrons. The first kappa shape index (κ1) is 43.7. The molecule has 0 N–H and O–H groups in total. The van der Waals surface area contributed by atoms with Gasteiger partial charge in [0, 0.05) is 37.1 Å². The maximum atomic E-state index is 2.55. The fraction of sp³-hybridized carbons (Fsp3) is 0.127. The van der Waals surface area contributed by atoms with Crippen molar-refractivity contribution in [1.29, 1.82) is 0 Å². The van der Waals surface area contributed by atoms with Crippen LogP contribution >= 0.6 is 11.3 Å². The van der Waals surface area contributed by atoms with E-state index in [1.54, 1.807) is 0 Å². The SMILES string of the molecule is CC(C)(C)c1ccc2c(c1)C1(c3cc(C(C)(C)C)ccc3-2)c2ccccc2-c2c(N(c3ccc(-c4ccc5cc(-c6ccc7ccccc7c6)ccc5c4)cc3)c3ccc4c(c3)sc3ccccc34)cccc21. The van der Waals surface area contributed by atoms with Crippen LogP contribution in [0.25, 0.3) is 86.2 Å². The first-order valence-corrected chi connectivity index (χ1v) is 26.6. The van der Waals surface area contributed by atoms with Gasteiger partial charge >= 0.3 is 0 Å². The van der Waals surface area contributed by atoms with Gasteiger partial charge < -0.3 is 4.90 Å². The molecule has 73 heavy (non-hydrogen) atoms. The summed E-state index contributed by atoms with van der Waals surface area (Å²) in [6, 6.07) is 85.4. The third-order valence-electron chi connectivity index (χ3n) is 16.2. The molecule has 1 spiro atoms. The molecule has 14 rings (SSSR count). The van der Waals surface area contributed by atoms with E-state index in [1.807, 2.05) is 11.3 Å². The summed E-state index contributed by atoms with van der Waals surface area (Å²) in [5.74, 6) is 0. The zero-order valence-corrected chi connectivity index (χ0v) is 43.0. The third kappa shape index (κ3) is 6.73. The molecule has 0 unspecified atom stereocenters. The predicted molar refractivity (Wildman–Crippen MR) is 314 cm³/mol. The fourth-order valence-corrected chi connectivity index (χ4v) is 13.5. The van der Waals surface area contributed by atoms with E-state index in [0.29, 0.717) is 0 Å². The Morgan fingerprint density at radius 2 is 0.863 bits per heavy atom. The summed E-state index contributed by atoms with van der Waals surface area (Å²) in [5.41, 5.74) is 21.2. The van der Waals surface area contributed by atoms with Gasteiger partial charge in [-0.15, -0.1) is 11.3 Å². The maximum absolute atomic E-state index is 2.55. The highest BCUT2D eigenvalue weighted by Gasteiger charge is 2.53. The Morgan fingerprint density at radius 3 is 1.53 bits per heavy atom. The lowest BCUT2D eigenvalue weighted by molar-refractivity contribution is 0.586. The number of nitrogens with zero attached hydrogens (tertiary/aromatic N) is 1. The lowest BCUT2D eigenvalue weighted by Gasteiger charge is -2.33. The van der Waals surface area contributed by atoms with Crippen molar-refractivity contribution in [3.05, 3.63) is 258 Å². The molecule has 2 heteroatoms. The average molecular weight is 954 g/mol. The van der Waals surface area contributed by atoms with Gasteiger partial charge in [-0.3, -0.25) is 0 Å². The highest BCUT2D eigenvalue weighted by Crippen LogP contribution is 2.65. The molecule has 12 aromatic rings. The number of anilines is 3. The van der Waals surface area contributed by atoms with Gasteiger partial charge in [-0.2, -0.15) is 0 Å². The summed E-state index contributed by atoms with van der Waals surface area (Å²) in [6.45, 7) is 14.1. The summed E-state index contributed by atoms with van der Waals surface area (Å²) in [6.07, 6.45) is 0. The standard InChI is InChI=1S/C71H55NS/c1-69(2,3)52-30-35-56-57-36-31-53(70(4,5)6)42-64(57)71(63(56)41-52)61-18-11-9-17-60(61)68-62(71)19-13-20-65(68)72(55-34-37-59-58-16-10-12-21-66(58)73-67(59)43-55)54-32-28-45(29-33-54)47-24-25-50-40-51(27-26-49(50)39-47)48-23-22-44-14-7-8-15-46(44)38-48/h7-43H,1-6H3. The van der Waals surface area contributed by atoms with Crippen molar-refractivity contribution in [1.82, 2.24) is 0 Å². The van der Waals surface area contributed by atoms with Crippen molar-refractivity contribution >= 4 is 70.1 Å². The van der Waals surface area contributed by atoms with Crippen LogP contribution in [0.3, 0.4) is 0 Å². The molecule has 0 saturated carbocycles. The smallest absolute Gasteiger partial charge is 0.0726 e. The maximum Gasteiger partial charge on any atom is 0.0726 e. The van der Waals surface area contributed by atoms with Crippen LogP contribution in [0.1, 0.15) is 74.9 Å². The quantitative estimate of drug-likeness (QED) is 0.166. The Morgan fingerprint density at radius 1 is 0.342 bits per heavy atom. The van der Waals surface area contributed by atoms with Crippen molar-refractivity contribution in [2.75, 3.05) is 4.90 Å². The van der Waals surface area contributed by atoms with Crippen LogP contribution in [0.15, 0.2) is 224 Å². The number of hydrogen-bond donors (Lipinski definition) is 0. The van der Waals surface area contributed by atoms with E-state index in [9.17, 15) is 0 Å². The molecule has 1 heterocycles. The summed E-state index contributed by atoms with van der Waals surface area (Å²) >= 11 is 1.88. The second-order valence-corrected chi connectivity index (χ2v) is 23.6. The van der Waals surface area contributed by atoms with E-state index < -0.39 is 5.41 Å². The minimum atomic E-state index is -0.508. The molecule has 11 aromatic carbocycles. The van der Waals surface area contributed by atoms with Crippen LogP contribution in [0.5, 0.6) is 0 Å². The van der Waals surface area contributed by atoms with Gasteiger partial charge in [-0.1, -0.05) is 211 Å². The lowest BCUT2D eigenvalue weighted by Crippen LogP contribution is -2.27. The Balaban J connectivity index is 0.945. The summed E-state index contributed by atoms with van der Waals surface area (Å²) < 4.78 is 2.60. The predicted octanol–water partition coefficient (Wildman–Crippen LogP) is 20.1. The Bertz CT molecular complexity index is 4170.